The van der Waals surface area contributed by atoms with Gasteiger partial charge in [0.1, 0.15) is 24.0 Å². The zero-order chi connectivity index (χ0) is 40.6. The molecule has 6 rings (SSSR count). The van der Waals surface area contributed by atoms with Crippen LogP contribution in [0.4, 0.5) is 10.6 Å². The number of ether oxygens (including phenoxy) is 4. The molecule has 2 aliphatic heterocycles. The third kappa shape index (κ3) is 10.9. The van der Waals surface area contributed by atoms with Gasteiger partial charge in [-0.1, -0.05) is 39.3 Å². The smallest absolute Gasteiger partial charge is 0.410 e. The van der Waals surface area contributed by atoms with Crippen LogP contribution in [0, 0.1) is 5.92 Å². The first-order chi connectivity index (χ1) is 26.2. The average molecular weight is 829 g/mol. The zero-order valence-corrected chi connectivity index (χ0v) is 38.1. The molecule has 3 fully saturated rings. The number of rotatable bonds is 17. The predicted molar refractivity (Wildman–Crippen MR) is 225 cm³/mol. The first-order valence-electron chi connectivity index (χ1n) is 20.3. The molecule has 3 aromatic rings. The number of carbonyl (C=O) groups is 1. The largest absolute Gasteiger partial charge is 0.477 e. The number of aromatic nitrogens is 4. The molecule has 5 heterocycles. The quantitative estimate of drug-likeness (QED) is 0.0742. The van der Waals surface area contributed by atoms with E-state index >= 15 is 0 Å². The van der Waals surface area contributed by atoms with Crippen molar-refractivity contribution in [2.75, 3.05) is 44.4 Å². The number of carbonyl (C=O) groups excluding carboxylic acids is 1. The van der Waals surface area contributed by atoms with Crippen LogP contribution in [0.25, 0.3) is 16.8 Å². The molecule has 0 N–H and O–H groups in total. The van der Waals surface area contributed by atoms with Gasteiger partial charge in [-0.2, -0.15) is 9.61 Å². The highest BCUT2D eigenvalue weighted by atomic mass is 32.2. The van der Waals surface area contributed by atoms with Gasteiger partial charge in [0, 0.05) is 77.0 Å². The lowest BCUT2D eigenvalue weighted by Crippen LogP contribution is -2.48. The lowest BCUT2D eigenvalue weighted by molar-refractivity contribution is 0.00557. The molecule has 1 aliphatic carbocycles. The lowest BCUT2D eigenvalue weighted by atomic mass is 9.88. The van der Waals surface area contributed by atoms with Crippen LogP contribution < -0.4 is 9.64 Å². The molecule has 0 aromatic carbocycles. The second-order valence-electron chi connectivity index (χ2n) is 19.5. The van der Waals surface area contributed by atoms with Gasteiger partial charge in [-0.25, -0.2) is 23.2 Å². The highest BCUT2D eigenvalue weighted by molar-refractivity contribution is 7.91. The minimum Gasteiger partial charge on any atom is -0.477 e. The standard InChI is InChI=1S/C40H64N6O7SSi2/c1-40(2,3)53-39(47)45-31-14-15-32(45)22-30(21-31)35-36(54(4,48)49)38(44(26-50-17-19-55(5,6)7)27-51-18-20-56(8,9)10)46-37(43-35)33(24-42-46)29-13-16-34(41-23-29)52-25-28-11-12-28/h13,16,23-24,28,30-32H,11-12,14-15,17-22,25-27H2,1-10H3/t30?,31-,32+. The average Bonchev–Trinajstić information content (AvgIpc) is 3.75. The van der Waals surface area contributed by atoms with Crippen molar-refractivity contribution >= 4 is 43.5 Å². The van der Waals surface area contributed by atoms with Gasteiger partial charge in [0.2, 0.25) is 5.88 Å². The molecule has 2 bridgehead atoms. The molecular weight excluding hydrogens is 765 g/mol. The molecule has 1 unspecified atom stereocenters. The molecule has 3 aliphatic rings. The molecule has 3 atom stereocenters. The van der Waals surface area contributed by atoms with Crippen LogP contribution in [0.2, 0.25) is 51.4 Å². The molecule has 13 nitrogen and oxygen atoms in total. The Bertz CT molecular complexity index is 1920. The van der Waals surface area contributed by atoms with Crippen LogP contribution in [-0.2, 0) is 24.0 Å². The van der Waals surface area contributed by atoms with E-state index in [-0.39, 0.29) is 42.5 Å². The number of fused-ring (bicyclic) bond motifs is 3. The molecule has 1 amide bonds. The molecule has 3 aromatic heterocycles. The van der Waals surface area contributed by atoms with Crippen molar-refractivity contribution in [3.05, 3.63) is 30.2 Å². The maximum absolute atomic E-state index is 14.2. The summed E-state index contributed by atoms with van der Waals surface area (Å²) in [6.07, 6.45) is 9.59. The van der Waals surface area contributed by atoms with Gasteiger partial charge in [-0.3, -0.25) is 0 Å². The van der Waals surface area contributed by atoms with Crippen molar-refractivity contribution < 1.29 is 32.2 Å². The first kappa shape index (κ1) is 42.5. The van der Waals surface area contributed by atoms with E-state index in [0.29, 0.717) is 61.6 Å². The minimum absolute atomic E-state index is 0.0925. The fourth-order valence-electron chi connectivity index (χ4n) is 7.49. The summed E-state index contributed by atoms with van der Waals surface area (Å²) in [6, 6.07) is 5.56. The number of nitrogens with zero attached hydrogens (tertiary/aromatic N) is 6. The first-order valence-corrected chi connectivity index (χ1v) is 29.6. The maximum Gasteiger partial charge on any atom is 0.410 e. The van der Waals surface area contributed by atoms with E-state index < -0.39 is 31.6 Å². The Balaban J connectivity index is 1.45. The molecule has 16 heteroatoms. The zero-order valence-electron chi connectivity index (χ0n) is 35.3. The fraction of sp³-hybridized carbons (Fsp3) is 0.700. The second-order valence-corrected chi connectivity index (χ2v) is 32.7. The number of hydrogen-bond acceptors (Lipinski definition) is 11. The van der Waals surface area contributed by atoms with Crippen LogP contribution in [0.15, 0.2) is 29.4 Å². The van der Waals surface area contributed by atoms with Crippen molar-refractivity contribution in [2.24, 2.45) is 5.92 Å². The van der Waals surface area contributed by atoms with Crippen molar-refractivity contribution in [1.82, 2.24) is 24.5 Å². The number of pyridine rings is 1. The Hall–Kier alpha value is -3.06. The summed E-state index contributed by atoms with van der Waals surface area (Å²) < 4.78 is 54.6. The van der Waals surface area contributed by atoms with Crippen LogP contribution in [-0.4, -0.2) is 112 Å². The van der Waals surface area contributed by atoms with E-state index in [1.54, 1.807) is 16.9 Å². The summed E-state index contributed by atoms with van der Waals surface area (Å²) >= 11 is 0. The van der Waals surface area contributed by atoms with E-state index in [1.807, 2.05) is 42.7 Å². The van der Waals surface area contributed by atoms with E-state index in [2.05, 4.69) is 44.3 Å². The monoisotopic (exact) mass is 828 g/mol. The molecule has 310 valence electrons. The summed E-state index contributed by atoms with van der Waals surface area (Å²) in [7, 11) is -6.70. The molecule has 2 saturated heterocycles. The summed E-state index contributed by atoms with van der Waals surface area (Å²) in [5.41, 5.74) is 1.91. The Morgan fingerprint density at radius 2 is 1.52 bits per heavy atom. The molecule has 0 radical (unpaired) electrons. The number of anilines is 1. The number of piperidine rings is 1. The van der Waals surface area contributed by atoms with Crippen molar-refractivity contribution in [3.8, 4) is 17.0 Å². The van der Waals surface area contributed by atoms with Crippen LogP contribution >= 0.6 is 0 Å². The summed E-state index contributed by atoms with van der Waals surface area (Å²) in [6.45, 7) is 21.5. The van der Waals surface area contributed by atoms with E-state index in [4.69, 9.17) is 29.0 Å². The SMILES string of the molecule is CC(C)(C)OC(=O)N1[C@@H]2CC[C@H]1CC(c1nc3c(-c4ccc(OCC5CC5)nc4)cnn3c(N(COCC[Si](C)(C)C)COCC[Si](C)(C)C)c1S(C)(=O)=O)C2. The van der Waals surface area contributed by atoms with E-state index in [1.165, 1.54) is 19.1 Å². The van der Waals surface area contributed by atoms with Crippen LogP contribution in [0.3, 0.4) is 0 Å². The lowest BCUT2D eigenvalue weighted by Gasteiger charge is -2.40. The number of amides is 1. The Morgan fingerprint density at radius 3 is 2.02 bits per heavy atom. The van der Waals surface area contributed by atoms with Crippen molar-refractivity contribution in [1.29, 1.82) is 0 Å². The Kier molecular flexibility index (Phi) is 12.7. The van der Waals surface area contributed by atoms with Crippen LogP contribution in [0.5, 0.6) is 5.88 Å². The predicted octanol–water partition coefficient (Wildman–Crippen LogP) is 8.06. The van der Waals surface area contributed by atoms with Gasteiger partial charge in [0.05, 0.1) is 18.5 Å². The third-order valence-corrected chi connectivity index (χ3v) is 15.2. The van der Waals surface area contributed by atoms with E-state index in [0.717, 1.165) is 36.1 Å². The van der Waals surface area contributed by atoms with Gasteiger partial charge >= 0.3 is 6.09 Å². The molecule has 56 heavy (non-hydrogen) atoms. The van der Waals surface area contributed by atoms with Gasteiger partial charge in [0.25, 0.3) is 0 Å². The third-order valence-electron chi connectivity index (χ3n) is 10.7. The topological polar surface area (TPSA) is 138 Å². The highest BCUT2D eigenvalue weighted by Gasteiger charge is 2.47. The Labute approximate surface area is 335 Å². The maximum atomic E-state index is 14.2. The van der Waals surface area contributed by atoms with Crippen LogP contribution in [0.1, 0.15) is 70.9 Å². The van der Waals surface area contributed by atoms with Gasteiger partial charge in [-0.15, -0.1) is 0 Å². The normalized spacial score (nSPS) is 20.5. The van der Waals surface area contributed by atoms with Gasteiger partial charge in [0.15, 0.2) is 21.3 Å². The number of hydrogen-bond donors (Lipinski definition) is 0. The van der Waals surface area contributed by atoms with Crippen molar-refractivity contribution in [2.45, 2.75) is 139 Å². The highest BCUT2D eigenvalue weighted by Crippen LogP contribution is 2.46. The van der Waals surface area contributed by atoms with E-state index in [9.17, 15) is 13.2 Å². The summed E-state index contributed by atoms with van der Waals surface area (Å²) in [5.74, 6) is 1.31. The molecule has 1 saturated carbocycles. The molecular formula is C40H64N6O7SSi2. The van der Waals surface area contributed by atoms with Crippen molar-refractivity contribution in [3.63, 3.8) is 0 Å². The summed E-state index contributed by atoms with van der Waals surface area (Å²) in [5, 5.41) is 4.84. The minimum atomic E-state index is -3.89. The Morgan fingerprint density at radius 1 is 0.911 bits per heavy atom. The van der Waals surface area contributed by atoms with Gasteiger partial charge in [-0.05, 0) is 83.4 Å². The van der Waals surface area contributed by atoms with Gasteiger partial charge < -0.3 is 28.7 Å². The second kappa shape index (κ2) is 16.7. The molecule has 0 spiro atoms. The summed E-state index contributed by atoms with van der Waals surface area (Å²) in [4.78, 5) is 27.2. The fourth-order valence-corrected chi connectivity index (χ4v) is 10.1. The number of sulfone groups is 1.